The molecule has 0 saturated heterocycles. The van der Waals surface area contributed by atoms with Crippen LogP contribution in [-0.4, -0.2) is 33.8 Å². The Morgan fingerprint density at radius 2 is 1.91 bits per heavy atom. The van der Waals surface area contributed by atoms with Crippen molar-refractivity contribution in [3.05, 3.63) is 42.0 Å². The number of benzene rings is 2. The van der Waals surface area contributed by atoms with Crippen molar-refractivity contribution in [1.29, 1.82) is 0 Å². The van der Waals surface area contributed by atoms with Crippen LogP contribution in [0, 0.1) is 11.3 Å². The Morgan fingerprint density at radius 3 is 2.50 bits per heavy atom. The van der Waals surface area contributed by atoms with E-state index in [1.54, 1.807) is 6.07 Å². The molecule has 2 atom stereocenters. The van der Waals surface area contributed by atoms with Crippen LogP contribution >= 0.6 is 0 Å². The summed E-state index contributed by atoms with van der Waals surface area (Å²) in [5.41, 5.74) is 2.72. The van der Waals surface area contributed by atoms with E-state index in [1.165, 1.54) is 13.5 Å². The minimum Gasteiger partial charge on any atom is -0.496 e. The van der Waals surface area contributed by atoms with Crippen LogP contribution < -0.4 is 14.8 Å². The van der Waals surface area contributed by atoms with Crippen LogP contribution in [0.1, 0.15) is 70.3 Å². The third kappa shape index (κ3) is 4.98. The average Bonchev–Trinajstić information content (AvgIpc) is 3.09. The molecule has 7 nitrogen and oxygen atoms in total. The third-order valence-corrected chi connectivity index (χ3v) is 6.45. The first-order valence-electron chi connectivity index (χ1n) is 11.9. The second-order valence-electron chi connectivity index (χ2n) is 10.5. The maximum atomic E-state index is 11.8. The number of nitrogens with one attached hydrogen (secondary N) is 1. The monoisotopic (exact) mass is 465 g/mol. The van der Waals surface area contributed by atoms with Gasteiger partial charge in [0.15, 0.2) is 0 Å². The fraction of sp³-hybridized carbons (Fsp3) is 0.481. The molecule has 3 aromatic rings. The molecule has 34 heavy (non-hydrogen) atoms. The van der Waals surface area contributed by atoms with Crippen molar-refractivity contribution in [1.82, 2.24) is 9.55 Å². The van der Waals surface area contributed by atoms with Crippen molar-refractivity contribution < 1.29 is 19.4 Å². The number of carbonyl (C=O) groups is 1. The van der Waals surface area contributed by atoms with Crippen molar-refractivity contribution >= 4 is 28.6 Å². The fourth-order valence-corrected chi connectivity index (χ4v) is 5.43. The molecular formula is C27H35N3O4. The quantitative estimate of drug-likeness (QED) is 0.406. The molecule has 4 rings (SSSR count). The Hall–Kier alpha value is -3.22. The molecule has 0 amide bonds. The van der Waals surface area contributed by atoms with Gasteiger partial charge in [-0.15, -0.1) is 0 Å². The standard InChI is InChI=1S/C27H35N3O4/c1-16(2)34-20-9-7-18(8-10-20)28-26-29-22-12-21(25(31)32)24(33-6)13-23(22)30(26)19-11-17(3)14-27(4,5)15-19/h7-10,12-13,16-17,19H,11,14-15H2,1-6H3,(H,28,29)(H,31,32)/t17-,19+/m1/s1. The molecule has 1 saturated carbocycles. The number of hydrogen-bond donors (Lipinski definition) is 2. The van der Waals surface area contributed by atoms with Crippen LogP contribution in [0.3, 0.4) is 0 Å². The summed E-state index contributed by atoms with van der Waals surface area (Å²) in [6.45, 7) is 10.9. The molecule has 0 spiro atoms. The van der Waals surface area contributed by atoms with Gasteiger partial charge in [0, 0.05) is 17.8 Å². The molecular weight excluding hydrogens is 430 g/mol. The Bertz CT molecular complexity index is 1180. The zero-order valence-electron chi connectivity index (χ0n) is 20.9. The summed E-state index contributed by atoms with van der Waals surface area (Å²) in [5, 5.41) is 13.1. The van der Waals surface area contributed by atoms with Gasteiger partial charge in [0.05, 0.1) is 24.2 Å². The maximum absolute atomic E-state index is 11.8. The average molecular weight is 466 g/mol. The van der Waals surface area contributed by atoms with E-state index < -0.39 is 5.97 Å². The van der Waals surface area contributed by atoms with Crippen LogP contribution in [0.25, 0.3) is 11.0 Å². The van der Waals surface area contributed by atoms with Crippen molar-refractivity contribution in [2.75, 3.05) is 12.4 Å². The summed E-state index contributed by atoms with van der Waals surface area (Å²) in [6.07, 6.45) is 3.34. The smallest absolute Gasteiger partial charge is 0.339 e. The van der Waals surface area contributed by atoms with E-state index in [0.29, 0.717) is 23.1 Å². The number of aromatic carboxylic acids is 1. The van der Waals surface area contributed by atoms with E-state index in [-0.39, 0.29) is 23.1 Å². The van der Waals surface area contributed by atoms with Crippen molar-refractivity contribution in [2.45, 2.75) is 66.0 Å². The number of aromatic nitrogens is 2. The summed E-state index contributed by atoms with van der Waals surface area (Å²) in [6, 6.07) is 11.5. The fourth-order valence-electron chi connectivity index (χ4n) is 5.43. The number of nitrogens with zero attached hydrogens (tertiary/aromatic N) is 2. The molecule has 2 aromatic carbocycles. The summed E-state index contributed by atoms with van der Waals surface area (Å²) in [7, 11) is 1.50. The van der Waals surface area contributed by atoms with Crippen LogP contribution in [-0.2, 0) is 0 Å². The first-order chi connectivity index (χ1) is 16.1. The van der Waals surface area contributed by atoms with Gasteiger partial charge in [-0.25, -0.2) is 9.78 Å². The van der Waals surface area contributed by atoms with Gasteiger partial charge in [0.1, 0.15) is 17.1 Å². The molecule has 1 heterocycles. The van der Waals surface area contributed by atoms with Crippen LogP contribution in [0.4, 0.5) is 11.6 Å². The zero-order chi connectivity index (χ0) is 24.6. The Labute approximate surface area is 201 Å². The number of carboxylic acid groups (broad SMARTS) is 1. The molecule has 1 aliphatic carbocycles. The molecule has 1 aromatic heterocycles. The van der Waals surface area contributed by atoms with Gasteiger partial charge in [-0.1, -0.05) is 20.8 Å². The second kappa shape index (κ2) is 9.20. The van der Waals surface area contributed by atoms with E-state index >= 15 is 0 Å². The maximum Gasteiger partial charge on any atom is 0.339 e. The minimum absolute atomic E-state index is 0.109. The number of anilines is 2. The number of carboxylic acids is 1. The number of rotatable bonds is 7. The summed E-state index contributed by atoms with van der Waals surface area (Å²) >= 11 is 0. The first kappa shape index (κ1) is 23.9. The first-order valence-corrected chi connectivity index (χ1v) is 11.9. The van der Waals surface area contributed by atoms with Crippen molar-refractivity contribution in [2.24, 2.45) is 11.3 Å². The molecule has 0 aliphatic heterocycles. The molecule has 0 unspecified atom stereocenters. The van der Waals surface area contributed by atoms with Gasteiger partial charge in [-0.05, 0) is 74.8 Å². The highest BCUT2D eigenvalue weighted by Crippen LogP contribution is 2.46. The van der Waals surface area contributed by atoms with Gasteiger partial charge in [0.2, 0.25) is 5.95 Å². The van der Waals surface area contributed by atoms with E-state index in [2.05, 4.69) is 30.7 Å². The van der Waals surface area contributed by atoms with E-state index in [0.717, 1.165) is 29.8 Å². The topological polar surface area (TPSA) is 85.6 Å². The highest BCUT2D eigenvalue weighted by Gasteiger charge is 2.35. The van der Waals surface area contributed by atoms with Crippen LogP contribution in [0.2, 0.25) is 0 Å². The zero-order valence-corrected chi connectivity index (χ0v) is 20.9. The predicted molar refractivity (Wildman–Crippen MR) is 135 cm³/mol. The van der Waals surface area contributed by atoms with E-state index in [4.69, 9.17) is 14.5 Å². The number of ether oxygens (including phenoxy) is 2. The SMILES string of the molecule is COc1cc2c(cc1C(=O)O)nc(Nc1ccc(OC(C)C)cc1)n2[C@H]1C[C@@H](C)CC(C)(C)C1. The molecule has 182 valence electrons. The van der Waals surface area contributed by atoms with Crippen molar-refractivity contribution in [3.63, 3.8) is 0 Å². The third-order valence-electron chi connectivity index (χ3n) is 6.45. The van der Waals surface area contributed by atoms with E-state index in [1.807, 2.05) is 44.2 Å². The Kier molecular flexibility index (Phi) is 6.47. The normalized spacial score (nSPS) is 19.9. The Morgan fingerprint density at radius 1 is 1.21 bits per heavy atom. The Balaban J connectivity index is 1.81. The number of methoxy groups -OCH3 is 1. The minimum atomic E-state index is -1.03. The molecule has 0 radical (unpaired) electrons. The predicted octanol–water partition coefficient (Wildman–Crippen LogP) is 6.66. The number of imidazole rings is 1. The van der Waals surface area contributed by atoms with Crippen LogP contribution in [0.15, 0.2) is 36.4 Å². The summed E-state index contributed by atoms with van der Waals surface area (Å²) in [5.74, 6) is 1.40. The number of fused-ring (bicyclic) bond motifs is 1. The lowest BCUT2D eigenvalue weighted by molar-refractivity contribution is 0.0693. The van der Waals surface area contributed by atoms with Crippen LogP contribution in [0.5, 0.6) is 11.5 Å². The second-order valence-corrected chi connectivity index (χ2v) is 10.5. The van der Waals surface area contributed by atoms with Crippen molar-refractivity contribution in [3.8, 4) is 11.5 Å². The van der Waals surface area contributed by atoms with Gasteiger partial charge >= 0.3 is 5.97 Å². The molecule has 2 N–H and O–H groups in total. The van der Waals surface area contributed by atoms with E-state index in [9.17, 15) is 9.90 Å². The number of hydrogen-bond acceptors (Lipinski definition) is 5. The molecule has 1 fully saturated rings. The highest BCUT2D eigenvalue weighted by atomic mass is 16.5. The van der Waals surface area contributed by atoms with Gasteiger partial charge in [-0.3, -0.25) is 0 Å². The lowest BCUT2D eigenvalue weighted by Gasteiger charge is -2.40. The highest BCUT2D eigenvalue weighted by molar-refractivity contribution is 5.96. The lowest BCUT2D eigenvalue weighted by Crippen LogP contribution is -2.29. The van der Waals surface area contributed by atoms with Gasteiger partial charge in [0.25, 0.3) is 0 Å². The molecule has 0 bridgehead atoms. The summed E-state index contributed by atoms with van der Waals surface area (Å²) in [4.78, 5) is 16.7. The molecule has 7 heteroatoms. The van der Waals surface area contributed by atoms with Gasteiger partial charge in [-0.2, -0.15) is 0 Å². The van der Waals surface area contributed by atoms with Gasteiger partial charge < -0.3 is 24.5 Å². The summed E-state index contributed by atoms with van der Waals surface area (Å²) < 4.78 is 13.4. The lowest BCUT2D eigenvalue weighted by atomic mass is 9.70. The molecule has 1 aliphatic rings. The largest absolute Gasteiger partial charge is 0.496 e.